The molecule has 0 aliphatic rings. The standard InChI is InChI=1S/C19H16F4N2/c1-11-8-12(2)18(13(3)9-11)16-10-17(19(21,22)23)24-25(16)15-7-5-4-6-14(15)20/h4-10H,1-3H3. The zero-order chi connectivity index (χ0) is 18.4. The summed E-state index contributed by atoms with van der Waals surface area (Å²) in [5.74, 6) is -0.636. The first-order valence-corrected chi connectivity index (χ1v) is 7.69. The molecule has 1 heterocycles. The normalized spacial score (nSPS) is 11.8. The largest absolute Gasteiger partial charge is 0.435 e. The van der Waals surface area contributed by atoms with Gasteiger partial charge in [-0.25, -0.2) is 9.07 Å². The second-order valence-corrected chi connectivity index (χ2v) is 6.05. The maximum atomic E-state index is 14.2. The average Bonchev–Trinajstić information content (AvgIpc) is 2.91. The number of benzene rings is 2. The zero-order valence-electron chi connectivity index (χ0n) is 13.9. The predicted octanol–water partition coefficient (Wildman–Crippen LogP) is 5.62. The van der Waals surface area contributed by atoms with E-state index in [1.54, 1.807) is 6.07 Å². The van der Waals surface area contributed by atoms with Gasteiger partial charge in [0.2, 0.25) is 0 Å². The van der Waals surface area contributed by atoms with E-state index < -0.39 is 17.7 Å². The highest BCUT2D eigenvalue weighted by Gasteiger charge is 2.36. The third-order valence-corrected chi connectivity index (χ3v) is 4.01. The van der Waals surface area contributed by atoms with Crippen LogP contribution in [-0.2, 0) is 6.18 Å². The van der Waals surface area contributed by atoms with Crippen LogP contribution >= 0.6 is 0 Å². The lowest BCUT2D eigenvalue weighted by Gasteiger charge is -2.14. The fraction of sp³-hybridized carbons (Fsp3) is 0.211. The van der Waals surface area contributed by atoms with Crippen LogP contribution in [0.4, 0.5) is 17.6 Å². The predicted molar refractivity (Wildman–Crippen MR) is 88.2 cm³/mol. The lowest BCUT2D eigenvalue weighted by Crippen LogP contribution is -2.08. The van der Waals surface area contributed by atoms with E-state index >= 15 is 0 Å². The number of para-hydroxylation sites is 1. The summed E-state index contributed by atoms with van der Waals surface area (Å²) in [6.07, 6.45) is -4.61. The summed E-state index contributed by atoms with van der Waals surface area (Å²) >= 11 is 0. The maximum Gasteiger partial charge on any atom is 0.435 e. The van der Waals surface area contributed by atoms with E-state index in [0.717, 1.165) is 27.4 Å². The van der Waals surface area contributed by atoms with Gasteiger partial charge in [-0.15, -0.1) is 0 Å². The van der Waals surface area contributed by atoms with Crippen LogP contribution in [0, 0.1) is 26.6 Å². The average molecular weight is 348 g/mol. The van der Waals surface area contributed by atoms with Gasteiger partial charge in [0.1, 0.15) is 11.5 Å². The number of nitrogens with zero attached hydrogens (tertiary/aromatic N) is 2. The number of alkyl halides is 3. The van der Waals surface area contributed by atoms with Crippen molar-refractivity contribution in [1.82, 2.24) is 9.78 Å². The van der Waals surface area contributed by atoms with Gasteiger partial charge in [-0.3, -0.25) is 0 Å². The van der Waals surface area contributed by atoms with Gasteiger partial charge in [-0.1, -0.05) is 29.8 Å². The van der Waals surface area contributed by atoms with Crippen LogP contribution in [0.3, 0.4) is 0 Å². The minimum atomic E-state index is -4.61. The van der Waals surface area contributed by atoms with E-state index in [1.807, 2.05) is 32.9 Å². The summed E-state index contributed by atoms with van der Waals surface area (Å²) in [4.78, 5) is 0. The molecule has 0 amide bonds. The van der Waals surface area contributed by atoms with Gasteiger partial charge in [-0.05, 0) is 50.1 Å². The molecular weight excluding hydrogens is 332 g/mol. The molecule has 1 aromatic heterocycles. The van der Waals surface area contributed by atoms with Crippen molar-refractivity contribution in [2.24, 2.45) is 0 Å². The number of aryl methyl sites for hydroxylation is 3. The van der Waals surface area contributed by atoms with Crippen molar-refractivity contribution in [2.45, 2.75) is 26.9 Å². The molecule has 6 heteroatoms. The van der Waals surface area contributed by atoms with Crippen LogP contribution < -0.4 is 0 Å². The number of hydrogen-bond acceptors (Lipinski definition) is 1. The summed E-state index contributed by atoms with van der Waals surface area (Å²) in [5, 5.41) is 3.65. The Morgan fingerprint density at radius 2 is 1.52 bits per heavy atom. The molecule has 0 fully saturated rings. The molecule has 2 nitrogen and oxygen atoms in total. The van der Waals surface area contributed by atoms with Gasteiger partial charge in [0.15, 0.2) is 5.69 Å². The van der Waals surface area contributed by atoms with Crippen LogP contribution in [0.2, 0.25) is 0 Å². The first-order valence-electron chi connectivity index (χ1n) is 7.69. The van der Waals surface area contributed by atoms with Gasteiger partial charge in [-0.2, -0.15) is 18.3 Å². The Labute approximate surface area is 142 Å². The molecule has 0 aliphatic carbocycles. The molecule has 0 spiro atoms. The Hall–Kier alpha value is -2.63. The smallest absolute Gasteiger partial charge is 0.229 e. The van der Waals surface area contributed by atoms with Crippen LogP contribution in [0.25, 0.3) is 16.9 Å². The van der Waals surface area contributed by atoms with Crippen molar-refractivity contribution in [3.63, 3.8) is 0 Å². The molecule has 0 N–H and O–H groups in total. The lowest BCUT2D eigenvalue weighted by atomic mass is 9.97. The second kappa shape index (κ2) is 6.02. The number of halogens is 4. The maximum absolute atomic E-state index is 14.2. The molecule has 0 saturated heterocycles. The molecule has 3 aromatic rings. The Morgan fingerprint density at radius 3 is 2.08 bits per heavy atom. The molecule has 0 radical (unpaired) electrons. The molecule has 0 atom stereocenters. The highest BCUT2D eigenvalue weighted by molar-refractivity contribution is 5.70. The van der Waals surface area contributed by atoms with Crippen molar-refractivity contribution in [3.05, 3.63) is 70.7 Å². The molecule has 0 unspecified atom stereocenters. The molecule has 2 aromatic carbocycles. The molecule has 25 heavy (non-hydrogen) atoms. The van der Waals surface area contributed by atoms with Crippen LogP contribution in [0.15, 0.2) is 42.5 Å². The molecule has 130 valence electrons. The van der Waals surface area contributed by atoms with Crippen LogP contribution in [0.1, 0.15) is 22.4 Å². The van der Waals surface area contributed by atoms with Gasteiger partial charge in [0.25, 0.3) is 0 Å². The number of hydrogen-bond donors (Lipinski definition) is 0. The van der Waals surface area contributed by atoms with Crippen LogP contribution in [-0.4, -0.2) is 9.78 Å². The Morgan fingerprint density at radius 1 is 0.920 bits per heavy atom. The topological polar surface area (TPSA) is 17.8 Å². The molecule has 3 rings (SSSR count). The Balaban J connectivity index is 2.34. The zero-order valence-corrected chi connectivity index (χ0v) is 13.9. The third kappa shape index (κ3) is 3.16. The third-order valence-electron chi connectivity index (χ3n) is 4.01. The minimum absolute atomic E-state index is 0.0209. The van der Waals surface area contributed by atoms with E-state index in [-0.39, 0.29) is 11.4 Å². The summed E-state index contributed by atoms with van der Waals surface area (Å²) in [6.45, 7) is 5.56. The van der Waals surface area contributed by atoms with Gasteiger partial charge >= 0.3 is 6.18 Å². The second-order valence-electron chi connectivity index (χ2n) is 6.05. The molecule has 0 aliphatic heterocycles. The highest BCUT2D eigenvalue weighted by atomic mass is 19.4. The van der Waals surface area contributed by atoms with Gasteiger partial charge < -0.3 is 0 Å². The van der Waals surface area contributed by atoms with E-state index in [1.165, 1.54) is 18.2 Å². The van der Waals surface area contributed by atoms with Crippen molar-refractivity contribution in [2.75, 3.05) is 0 Å². The summed E-state index contributed by atoms with van der Waals surface area (Å²) in [5.41, 5.74) is 2.39. The van der Waals surface area contributed by atoms with E-state index in [2.05, 4.69) is 5.10 Å². The van der Waals surface area contributed by atoms with Crippen molar-refractivity contribution < 1.29 is 17.6 Å². The highest BCUT2D eigenvalue weighted by Crippen LogP contribution is 2.36. The first-order chi connectivity index (χ1) is 11.7. The van der Waals surface area contributed by atoms with Crippen molar-refractivity contribution in [3.8, 4) is 16.9 Å². The fourth-order valence-electron chi connectivity index (χ4n) is 3.09. The van der Waals surface area contributed by atoms with Gasteiger partial charge in [0, 0.05) is 5.56 Å². The Bertz CT molecular complexity index is 916. The lowest BCUT2D eigenvalue weighted by molar-refractivity contribution is -0.141. The number of rotatable bonds is 2. The quantitative estimate of drug-likeness (QED) is 0.550. The van der Waals surface area contributed by atoms with Crippen LogP contribution in [0.5, 0.6) is 0 Å². The summed E-state index contributed by atoms with van der Waals surface area (Å²) < 4.78 is 54.9. The molecule has 0 saturated carbocycles. The monoisotopic (exact) mass is 348 g/mol. The SMILES string of the molecule is Cc1cc(C)c(-c2cc(C(F)(F)F)nn2-c2ccccc2F)c(C)c1. The van der Waals surface area contributed by atoms with Gasteiger partial charge in [0.05, 0.1) is 5.69 Å². The number of aromatic nitrogens is 2. The Kier molecular flexibility index (Phi) is 4.14. The van der Waals surface area contributed by atoms with Crippen molar-refractivity contribution >= 4 is 0 Å². The summed E-state index contributed by atoms with van der Waals surface area (Å²) in [7, 11) is 0. The van der Waals surface area contributed by atoms with E-state index in [9.17, 15) is 17.6 Å². The minimum Gasteiger partial charge on any atom is -0.229 e. The first kappa shape index (κ1) is 17.2. The molecule has 0 bridgehead atoms. The van der Waals surface area contributed by atoms with Crippen molar-refractivity contribution in [1.29, 1.82) is 0 Å². The fourth-order valence-corrected chi connectivity index (χ4v) is 3.09. The van der Waals surface area contributed by atoms with E-state index in [0.29, 0.717) is 5.56 Å². The summed E-state index contributed by atoms with van der Waals surface area (Å²) in [6, 6.07) is 10.4. The van der Waals surface area contributed by atoms with E-state index in [4.69, 9.17) is 0 Å². The molecular formula is C19H16F4N2.